The second-order valence-electron chi connectivity index (χ2n) is 5.19. The number of morpholine rings is 1. The van der Waals surface area contributed by atoms with Gasteiger partial charge in [-0.2, -0.15) is 0 Å². The van der Waals surface area contributed by atoms with E-state index in [9.17, 15) is 10.1 Å². The molecule has 0 aromatic heterocycles. The second kappa shape index (κ2) is 5.19. The van der Waals surface area contributed by atoms with E-state index in [0.717, 1.165) is 38.0 Å². The van der Waals surface area contributed by atoms with Crippen molar-refractivity contribution in [1.82, 2.24) is 4.90 Å². The minimum atomic E-state index is -0.351. The Morgan fingerprint density at radius 2 is 2.05 bits per heavy atom. The fourth-order valence-electron chi connectivity index (χ4n) is 2.88. The number of halogens is 1. The average molecular weight is 327 g/mol. The topological polar surface area (TPSA) is 55.6 Å². The van der Waals surface area contributed by atoms with E-state index in [4.69, 9.17) is 4.74 Å². The van der Waals surface area contributed by atoms with Crippen LogP contribution >= 0.6 is 15.9 Å². The van der Waals surface area contributed by atoms with Crippen LogP contribution in [-0.4, -0.2) is 35.1 Å². The van der Waals surface area contributed by atoms with Gasteiger partial charge < -0.3 is 4.74 Å². The summed E-state index contributed by atoms with van der Waals surface area (Å²) in [5.41, 5.74) is 1.12. The molecule has 0 N–H and O–H groups in total. The van der Waals surface area contributed by atoms with Crippen LogP contribution in [0, 0.1) is 10.1 Å². The van der Waals surface area contributed by atoms with Crippen LogP contribution < -0.4 is 0 Å². The maximum absolute atomic E-state index is 10.9. The molecule has 102 valence electrons. The largest absolute Gasteiger partial charge is 0.372 e. The van der Waals surface area contributed by atoms with E-state index in [1.54, 1.807) is 12.1 Å². The van der Waals surface area contributed by atoms with Gasteiger partial charge >= 0.3 is 0 Å². The van der Waals surface area contributed by atoms with Gasteiger partial charge in [-0.25, -0.2) is 0 Å². The quantitative estimate of drug-likeness (QED) is 0.633. The fraction of sp³-hybridized carbons (Fsp3) is 0.538. The number of ether oxygens (including phenoxy) is 1. The third kappa shape index (κ3) is 2.80. The zero-order valence-electron chi connectivity index (χ0n) is 10.4. The van der Waals surface area contributed by atoms with Gasteiger partial charge in [-0.3, -0.25) is 15.0 Å². The van der Waals surface area contributed by atoms with Gasteiger partial charge in [0.05, 0.1) is 21.6 Å². The first kappa shape index (κ1) is 13.0. The van der Waals surface area contributed by atoms with Crippen molar-refractivity contribution in [3.05, 3.63) is 38.3 Å². The summed E-state index contributed by atoms with van der Waals surface area (Å²) in [6.45, 7) is 2.62. The molecule has 1 aromatic rings. The highest BCUT2D eigenvalue weighted by Gasteiger charge is 2.33. The highest BCUT2D eigenvalue weighted by Crippen LogP contribution is 2.29. The number of nitrogens with zero attached hydrogens (tertiary/aromatic N) is 2. The number of nitro groups is 1. The predicted octanol–water partition coefficient (Wildman–Crippen LogP) is 2.72. The molecular weight excluding hydrogens is 312 g/mol. The lowest BCUT2D eigenvalue weighted by Crippen LogP contribution is -2.41. The van der Waals surface area contributed by atoms with Crippen molar-refractivity contribution in [1.29, 1.82) is 0 Å². The molecule has 0 radical (unpaired) electrons. The van der Waals surface area contributed by atoms with Crippen molar-refractivity contribution in [2.24, 2.45) is 0 Å². The molecule has 5 nitrogen and oxygen atoms in total. The fourth-order valence-corrected chi connectivity index (χ4v) is 3.27. The third-order valence-corrected chi connectivity index (χ3v) is 4.40. The zero-order chi connectivity index (χ0) is 13.4. The first-order chi connectivity index (χ1) is 9.11. The Balaban J connectivity index is 1.73. The molecule has 1 aromatic carbocycles. The van der Waals surface area contributed by atoms with Crippen molar-refractivity contribution in [2.75, 3.05) is 13.1 Å². The summed E-state index contributed by atoms with van der Waals surface area (Å²) in [4.78, 5) is 12.9. The van der Waals surface area contributed by atoms with Crippen LogP contribution in [0.4, 0.5) is 5.69 Å². The van der Waals surface area contributed by atoms with E-state index in [0.29, 0.717) is 16.7 Å². The number of rotatable bonds is 3. The van der Waals surface area contributed by atoms with Crippen molar-refractivity contribution >= 4 is 21.6 Å². The molecule has 2 unspecified atom stereocenters. The normalized spacial score (nSPS) is 26.6. The van der Waals surface area contributed by atoms with Crippen LogP contribution in [0.25, 0.3) is 0 Å². The molecule has 6 heteroatoms. The van der Waals surface area contributed by atoms with E-state index in [2.05, 4.69) is 20.8 Å². The Hall–Kier alpha value is -0.980. The molecule has 2 aliphatic heterocycles. The molecule has 3 rings (SSSR count). The van der Waals surface area contributed by atoms with Crippen molar-refractivity contribution in [3.8, 4) is 0 Å². The molecule has 2 atom stereocenters. The van der Waals surface area contributed by atoms with Gasteiger partial charge in [0.2, 0.25) is 0 Å². The summed E-state index contributed by atoms with van der Waals surface area (Å²) >= 11 is 3.21. The number of benzene rings is 1. The zero-order valence-corrected chi connectivity index (χ0v) is 12.0. The van der Waals surface area contributed by atoms with E-state index in [1.807, 2.05) is 6.07 Å². The Bertz CT molecular complexity index is 497. The average Bonchev–Trinajstić information content (AvgIpc) is 2.71. The lowest BCUT2D eigenvalue weighted by Gasteiger charge is -2.32. The molecule has 0 amide bonds. The summed E-state index contributed by atoms with van der Waals surface area (Å²) < 4.78 is 6.32. The number of hydrogen-bond donors (Lipinski definition) is 0. The lowest BCUT2D eigenvalue weighted by molar-refractivity contribution is -0.385. The first-order valence-electron chi connectivity index (χ1n) is 6.42. The summed E-state index contributed by atoms with van der Waals surface area (Å²) in [6.07, 6.45) is 2.98. The highest BCUT2D eigenvalue weighted by atomic mass is 79.9. The van der Waals surface area contributed by atoms with Crippen LogP contribution in [0.2, 0.25) is 0 Å². The molecule has 2 fully saturated rings. The summed E-state index contributed by atoms with van der Waals surface area (Å²) in [7, 11) is 0. The molecule has 0 aliphatic carbocycles. The Kier molecular flexibility index (Phi) is 3.56. The van der Waals surface area contributed by atoms with Crippen LogP contribution in [0.15, 0.2) is 22.7 Å². The Labute approximate surface area is 119 Å². The standard InChI is InChI=1S/C13H15BrN2O3/c14-12-4-1-9(5-13(12)16(17)18)6-15-7-10-2-3-11(8-15)19-10/h1,4-5,10-11H,2-3,6-8H2. The SMILES string of the molecule is O=[N+]([O-])c1cc(CN2CC3CCC(C2)O3)ccc1Br. The predicted molar refractivity (Wildman–Crippen MR) is 74.0 cm³/mol. The highest BCUT2D eigenvalue weighted by molar-refractivity contribution is 9.10. The minimum Gasteiger partial charge on any atom is -0.372 e. The molecule has 0 saturated carbocycles. The maximum Gasteiger partial charge on any atom is 0.283 e. The van der Waals surface area contributed by atoms with Gasteiger partial charge in [-0.1, -0.05) is 6.07 Å². The van der Waals surface area contributed by atoms with Gasteiger partial charge in [-0.15, -0.1) is 0 Å². The number of likely N-dealkylation sites (tertiary alicyclic amines) is 1. The third-order valence-electron chi connectivity index (χ3n) is 3.73. The number of fused-ring (bicyclic) bond motifs is 2. The van der Waals surface area contributed by atoms with Crippen LogP contribution in [-0.2, 0) is 11.3 Å². The van der Waals surface area contributed by atoms with Crippen molar-refractivity contribution < 1.29 is 9.66 Å². The van der Waals surface area contributed by atoms with Crippen molar-refractivity contribution in [3.63, 3.8) is 0 Å². The Morgan fingerprint density at radius 3 is 2.68 bits per heavy atom. The molecule has 2 bridgehead atoms. The first-order valence-corrected chi connectivity index (χ1v) is 7.22. The van der Waals surface area contributed by atoms with Crippen LogP contribution in [0.5, 0.6) is 0 Å². The van der Waals surface area contributed by atoms with E-state index in [-0.39, 0.29) is 10.6 Å². The number of hydrogen-bond acceptors (Lipinski definition) is 4. The Morgan fingerprint density at radius 1 is 1.37 bits per heavy atom. The number of nitro benzene ring substituents is 1. The van der Waals surface area contributed by atoms with Gasteiger partial charge in [0, 0.05) is 25.7 Å². The van der Waals surface area contributed by atoms with Crippen molar-refractivity contribution in [2.45, 2.75) is 31.6 Å². The van der Waals surface area contributed by atoms with E-state index >= 15 is 0 Å². The monoisotopic (exact) mass is 326 g/mol. The summed E-state index contributed by atoms with van der Waals surface area (Å²) in [5.74, 6) is 0. The van der Waals surface area contributed by atoms with Gasteiger partial charge in [-0.05, 0) is 40.4 Å². The second-order valence-corrected chi connectivity index (χ2v) is 6.05. The van der Waals surface area contributed by atoms with E-state index in [1.165, 1.54) is 0 Å². The van der Waals surface area contributed by atoms with E-state index < -0.39 is 0 Å². The maximum atomic E-state index is 10.9. The smallest absolute Gasteiger partial charge is 0.283 e. The summed E-state index contributed by atoms with van der Waals surface area (Å²) in [6, 6.07) is 5.35. The molecule has 19 heavy (non-hydrogen) atoms. The molecule has 2 heterocycles. The van der Waals surface area contributed by atoms with Crippen LogP contribution in [0.3, 0.4) is 0 Å². The van der Waals surface area contributed by atoms with Crippen LogP contribution in [0.1, 0.15) is 18.4 Å². The summed E-state index contributed by atoms with van der Waals surface area (Å²) in [5, 5.41) is 10.9. The van der Waals surface area contributed by atoms with Gasteiger partial charge in [0.25, 0.3) is 5.69 Å². The molecular formula is C13H15BrN2O3. The lowest BCUT2D eigenvalue weighted by atomic mass is 10.1. The molecule has 2 saturated heterocycles. The van der Waals surface area contributed by atoms with Gasteiger partial charge in [0.1, 0.15) is 0 Å². The van der Waals surface area contributed by atoms with Gasteiger partial charge in [0.15, 0.2) is 0 Å². The molecule has 2 aliphatic rings. The molecule has 0 spiro atoms. The minimum absolute atomic E-state index is 0.133.